The van der Waals surface area contributed by atoms with Gasteiger partial charge in [0.25, 0.3) is 5.91 Å². The molecule has 0 N–H and O–H groups in total. The molecule has 2 heterocycles. The average molecular weight is 274 g/mol. The van der Waals surface area contributed by atoms with E-state index in [1.54, 1.807) is 23.1 Å². The second-order valence-corrected chi connectivity index (χ2v) is 4.60. The molecule has 3 rings (SSSR count). The number of nitriles is 1. The fourth-order valence-electron chi connectivity index (χ4n) is 2.27. The van der Waals surface area contributed by atoms with Crippen LogP contribution in [0.3, 0.4) is 0 Å². The lowest BCUT2D eigenvalue weighted by molar-refractivity contribution is 0.00344. The standard InChI is InChI=1S/C14H14N2O4/c15-8-11-9-16(3-4-18-11)14(17)10-1-2-12-13(7-10)20-6-5-19-12/h1-2,7,11H,3-6,9H2. The number of morpholine rings is 1. The molecule has 2 aliphatic heterocycles. The molecule has 0 spiro atoms. The Kier molecular flexibility index (Phi) is 3.44. The zero-order chi connectivity index (χ0) is 13.9. The predicted octanol–water partition coefficient (Wildman–Crippen LogP) is 0.822. The van der Waals surface area contributed by atoms with Gasteiger partial charge in [0.05, 0.1) is 19.2 Å². The highest BCUT2D eigenvalue weighted by atomic mass is 16.6. The smallest absolute Gasteiger partial charge is 0.254 e. The third kappa shape index (κ3) is 2.40. The maximum absolute atomic E-state index is 12.4. The van der Waals surface area contributed by atoms with Gasteiger partial charge in [-0.05, 0) is 18.2 Å². The number of hydrogen-bond acceptors (Lipinski definition) is 5. The highest BCUT2D eigenvalue weighted by Crippen LogP contribution is 2.31. The van der Waals surface area contributed by atoms with Gasteiger partial charge in [0, 0.05) is 12.1 Å². The van der Waals surface area contributed by atoms with Crippen molar-refractivity contribution in [3.63, 3.8) is 0 Å². The highest BCUT2D eigenvalue weighted by Gasteiger charge is 2.25. The summed E-state index contributed by atoms with van der Waals surface area (Å²) in [4.78, 5) is 14.0. The van der Waals surface area contributed by atoms with Crippen LogP contribution in [0.1, 0.15) is 10.4 Å². The number of nitrogens with zero attached hydrogens (tertiary/aromatic N) is 2. The normalized spacial score (nSPS) is 21.1. The Labute approximate surface area is 116 Å². The largest absolute Gasteiger partial charge is 0.486 e. The van der Waals surface area contributed by atoms with Crippen molar-refractivity contribution >= 4 is 5.91 Å². The summed E-state index contributed by atoms with van der Waals surface area (Å²) in [7, 11) is 0. The van der Waals surface area contributed by atoms with E-state index >= 15 is 0 Å². The van der Waals surface area contributed by atoms with Crippen molar-refractivity contribution in [3.8, 4) is 17.6 Å². The molecule has 1 aromatic rings. The number of carbonyl (C=O) groups is 1. The third-order valence-corrected chi connectivity index (χ3v) is 3.29. The van der Waals surface area contributed by atoms with Crippen molar-refractivity contribution in [1.29, 1.82) is 5.26 Å². The molecular formula is C14H14N2O4. The number of benzene rings is 1. The fraction of sp³-hybridized carbons (Fsp3) is 0.429. The van der Waals surface area contributed by atoms with Crippen LogP contribution in [0.2, 0.25) is 0 Å². The summed E-state index contributed by atoms with van der Waals surface area (Å²) >= 11 is 0. The van der Waals surface area contributed by atoms with E-state index in [0.717, 1.165) is 0 Å². The zero-order valence-electron chi connectivity index (χ0n) is 10.9. The molecule has 6 heteroatoms. The van der Waals surface area contributed by atoms with E-state index in [-0.39, 0.29) is 5.91 Å². The Balaban J connectivity index is 1.78. The van der Waals surface area contributed by atoms with Crippen molar-refractivity contribution in [1.82, 2.24) is 4.90 Å². The molecule has 104 valence electrons. The minimum Gasteiger partial charge on any atom is -0.486 e. The number of rotatable bonds is 1. The van der Waals surface area contributed by atoms with Crippen LogP contribution in [0, 0.1) is 11.3 Å². The van der Waals surface area contributed by atoms with E-state index in [1.807, 2.05) is 6.07 Å². The van der Waals surface area contributed by atoms with Crippen molar-refractivity contribution < 1.29 is 19.0 Å². The maximum atomic E-state index is 12.4. The van der Waals surface area contributed by atoms with Crippen molar-refractivity contribution in [2.45, 2.75) is 6.10 Å². The molecule has 1 atom stereocenters. The SMILES string of the molecule is N#CC1CN(C(=O)c2ccc3c(c2)OCCO3)CCO1. The second-order valence-electron chi connectivity index (χ2n) is 4.60. The minimum atomic E-state index is -0.551. The van der Waals surface area contributed by atoms with Crippen LogP contribution in [-0.2, 0) is 4.74 Å². The van der Waals surface area contributed by atoms with E-state index < -0.39 is 6.10 Å². The molecule has 20 heavy (non-hydrogen) atoms. The molecule has 1 unspecified atom stereocenters. The van der Waals surface area contributed by atoms with Gasteiger partial charge in [-0.3, -0.25) is 4.79 Å². The number of fused-ring (bicyclic) bond motifs is 1. The number of ether oxygens (including phenoxy) is 3. The summed E-state index contributed by atoms with van der Waals surface area (Å²) in [6, 6.07) is 7.17. The monoisotopic (exact) mass is 274 g/mol. The summed E-state index contributed by atoms with van der Waals surface area (Å²) in [5.74, 6) is 1.13. The van der Waals surface area contributed by atoms with E-state index in [1.165, 1.54) is 0 Å². The summed E-state index contributed by atoms with van der Waals surface area (Å²) < 4.78 is 16.1. The van der Waals surface area contributed by atoms with E-state index in [9.17, 15) is 4.79 Å². The minimum absolute atomic E-state index is 0.120. The van der Waals surface area contributed by atoms with Gasteiger partial charge in [-0.2, -0.15) is 5.26 Å². The molecule has 1 amide bonds. The lowest BCUT2D eigenvalue weighted by Crippen LogP contribution is -2.45. The highest BCUT2D eigenvalue weighted by molar-refractivity contribution is 5.95. The molecule has 0 saturated carbocycles. The van der Waals surface area contributed by atoms with Crippen molar-refractivity contribution in [2.75, 3.05) is 32.9 Å². The van der Waals surface area contributed by atoms with E-state index in [2.05, 4.69) is 0 Å². The van der Waals surface area contributed by atoms with E-state index in [0.29, 0.717) is 50.0 Å². The molecular weight excluding hydrogens is 260 g/mol. The average Bonchev–Trinajstić information content (AvgIpc) is 2.53. The van der Waals surface area contributed by atoms with E-state index in [4.69, 9.17) is 19.5 Å². The Morgan fingerprint density at radius 3 is 2.85 bits per heavy atom. The topological polar surface area (TPSA) is 71.8 Å². The molecule has 1 saturated heterocycles. The first-order valence-electron chi connectivity index (χ1n) is 6.48. The van der Waals surface area contributed by atoms with Gasteiger partial charge in [-0.15, -0.1) is 0 Å². The maximum Gasteiger partial charge on any atom is 0.254 e. The van der Waals surface area contributed by atoms with Gasteiger partial charge in [0.1, 0.15) is 13.2 Å². The number of hydrogen-bond donors (Lipinski definition) is 0. The van der Waals surface area contributed by atoms with Crippen LogP contribution in [0.4, 0.5) is 0 Å². The van der Waals surface area contributed by atoms with Crippen LogP contribution >= 0.6 is 0 Å². The van der Waals surface area contributed by atoms with Gasteiger partial charge < -0.3 is 19.1 Å². The molecule has 2 aliphatic rings. The van der Waals surface area contributed by atoms with Crippen molar-refractivity contribution in [3.05, 3.63) is 23.8 Å². The van der Waals surface area contributed by atoms with Crippen LogP contribution in [-0.4, -0.2) is 49.8 Å². The first-order chi connectivity index (χ1) is 9.78. The second kappa shape index (κ2) is 5.39. The summed E-state index contributed by atoms with van der Waals surface area (Å²) in [5.41, 5.74) is 0.535. The molecule has 6 nitrogen and oxygen atoms in total. The lowest BCUT2D eigenvalue weighted by atomic mass is 10.1. The quantitative estimate of drug-likeness (QED) is 0.758. The predicted molar refractivity (Wildman–Crippen MR) is 68.7 cm³/mol. The van der Waals surface area contributed by atoms with Gasteiger partial charge in [0.15, 0.2) is 17.6 Å². The van der Waals surface area contributed by atoms with Crippen LogP contribution in [0.25, 0.3) is 0 Å². The molecule has 1 fully saturated rings. The molecule has 0 bridgehead atoms. The fourth-order valence-corrected chi connectivity index (χ4v) is 2.27. The Morgan fingerprint density at radius 1 is 1.25 bits per heavy atom. The number of amides is 1. The van der Waals surface area contributed by atoms with Gasteiger partial charge in [-0.1, -0.05) is 0 Å². The molecule has 0 radical (unpaired) electrons. The Bertz CT molecular complexity index is 567. The van der Waals surface area contributed by atoms with Crippen LogP contribution < -0.4 is 9.47 Å². The Hall–Kier alpha value is -2.26. The summed E-state index contributed by atoms with van der Waals surface area (Å²) in [5, 5.41) is 8.87. The number of carbonyl (C=O) groups excluding carboxylic acids is 1. The summed E-state index contributed by atoms with van der Waals surface area (Å²) in [6.45, 7) is 2.18. The summed E-state index contributed by atoms with van der Waals surface area (Å²) in [6.07, 6.45) is -0.551. The molecule has 1 aromatic carbocycles. The van der Waals surface area contributed by atoms with Crippen LogP contribution in [0.15, 0.2) is 18.2 Å². The first-order valence-corrected chi connectivity index (χ1v) is 6.48. The van der Waals surface area contributed by atoms with Gasteiger partial charge in [0.2, 0.25) is 0 Å². The molecule has 0 aliphatic carbocycles. The first kappa shape index (κ1) is 12.8. The molecule has 0 aromatic heterocycles. The zero-order valence-corrected chi connectivity index (χ0v) is 10.9. The third-order valence-electron chi connectivity index (χ3n) is 3.29. The van der Waals surface area contributed by atoms with Crippen LogP contribution in [0.5, 0.6) is 11.5 Å². The van der Waals surface area contributed by atoms with Crippen molar-refractivity contribution in [2.24, 2.45) is 0 Å². The van der Waals surface area contributed by atoms with Gasteiger partial charge in [-0.25, -0.2) is 0 Å². The lowest BCUT2D eigenvalue weighted by Gasteiger charge is -2.30. The Morgan fingerprint density at radius 2 is 2.05 bits per heavy atom. The van der Waals surface area contributed by atoms with Gasteiger partial charge >= 0.3 is 0 Å².